The van der Waals surface area contributed by atoms with Crippen LogP contribution < -0.4 is 0 Å². The molecule has 1 rings (SSSR count). The number of halogens is 5. The van der Waals surface area contributed by atoms with Crippen molar-refractivity contribution in [2.75, 3.05) is 0 Å². The van der Waals surface area contributed by atoms with Crippen LogP contribution in [0.3, 0.4) is 0 Å². The third-order valence-electron chi connectivity index (χ3n) is 1.15. The summed E-state index contributed by atoms with van der Waals surface area (Å²) < 4.78 is 36.8. The molecule has 0 N–H and O–H groups in total. The Morgan fingerprint density at radius 2 is 2.00 bits per heavy atom. The van der Waals surface area contributed by atoms with Crippen molar-refractivity contribution >= 4 is 38.5 Å². The van der Waals surface area contributed by atoms with Gasteiger partial charge in [-0.1, -0.05) is 0 Å². The maximum absolute atomic E-state index is 12.2. The number of nitrogens with zero attached hydrogens (tertiary/aromatic N) is 1. The lowest BCUT2D eigenvalue weighted by Crippen LogP contribution is -2.07. The molecule has 1 aromatic heterocycles. The monoisotopic (exact) mass is 351 g/mol. The molecule has 0 aromatic carbocycles. The van der Waals surface area contributed by atoms with Crippen molar-refractivity contribution in [1.82, 2.24) is 4.98 Å². The normalized spacial score (nSPS) is 11.8. The first-order chi connectivity index (χ1) is 5.43. The molecular formula is C6H2BrF3IN. The van der Waals surface area contributed by atoms with Crippen LogP contribution in [0, 0.1) is 3.70 Å². The molecule has 0 aliphatic heterocycles. The first-order valence-corrected chi connectivity index (χ1v) is 4.67. The minimum atomic E-state index is -4.32. The fourth-order valence-electron chi connectivity index (χ4n) is 0.637. The standard InChI is InChI=1S/C6H2BrF3IN/c7-4-3(6(8,9)10)1-2-12-5(4)11/h1-2H. The van der Waals surface area contributed by atoms with E-state index in [2.05, 4.69) is 20.9 Å². The van der Waals surface area contributed by atoms with Crippen LogP contribution in [0.2, 0.25) is 0 Å². The molecule has 0 atom stereocenters. The molecule has 66 valence electrons. The summed E-state index contributed by atoms with van der Waals surface area (Å²) >= 11 is 4.56. The Morgan fingerprint density at radius 1 is 1.42 bits per heavy atom. The molecular weight excluding hydrogens is 350 g/mol. The van der Waals surface area contributed by atoms with E-state index in [-0.39, 0.29) is 4.47 Å². The minimum Gasteiger partial charge on any atom is -0.249 e. The Bertz CT molecular complexity index is 299. The van der Waals surface area contributed by atoms with Crippen LogP contribution in [0.4, 0.5) is 13.2 Å². The van der Waals surface area contributed by atoms with E-state index in [0.29, 0.717) is 3.70 Å². The summed E-state index contributed by atoms with van der Waals surface area (Å²) in [5.41, 5.74) is -0.693. The summed E-state index contributed by atoms with van der Waals surface area (Å²) in [5.74, 6) is 0. The van der Waals surface area contributed by atoms with Crippen molar-refractivity contribution < 1.29 is 13.2 Å². The van der Waals surface area contributed by atoms with E-state index in [9.17, 15) is 13.2 Å². The van der Waals surface area contributed by atoms with Crippen molar-refractivity contribution in [3.05, 3.63) is 26.0 Å². The number of pyridine rings is 1. The zero-order chi connectivity index (χ0) is 9.35. The van der Waals surface area contributed by atoms with Gasteiger partial charge in [-0.2, -0.15) is 13.2 Å². The van der Waals surface area contributed by atoms with Gasteiger partial charge in [0.1, 0.15) is 3.70 Å². The van der Waals surface area contributed by atoms with Crippen LogP contribution in [0.15, 0.2) is 16.7 Å². The van der Waals surface area contributed by atoms with Crippen molar-refractivity contribution in [3.8, 4) is 0 Å². The zero-order valence-electron chi connectivity index (χ0n) is 5.49. The highest BCUT2D eigenvalue weighted by Gasteiger charge is 2.33. The summed E-state index contributed by atoms with van der Waals surface area (Å²) in [4.78, 5) is 3.69. The highest BCUT2D eigenvalue weighted by atomic mass is 127. The topological polar surface area (TPSA) is 12.9 Å². The smallest absolute Gasteiger partial charge is 0.249 e. The molecule has 1 nitrogen and oxygen atoms in total. The highest BCUT2D eigenvalue weighted by Crippen LogP contribution is 2.35. The van der Waals surface area contributed by atoms with Crippen molar-refractivity contribution in [2.45, 2.75) is 6.18 Å². The van der Waals surface area contributed by atoms with Crippen LogP contribution >= 0.6 is 38.5 Å². The van der Waals surface area contributed by atoms with E-state index >= 15 is 0 Å². The van der Waals surface area contributed by atoms with Crippen LogP contribution in [0.25, 0.3) is 0 Å². The van der Waals surface area contributed by atoms with Crippen molar-refractivity contribution in [1.29, 1.82) is 0 Å². The fraction of sp³-hybridized carbons (Fsp3) is 0.167. The van der Waals surface area contributed by atoms with E-state index in [1.165, 1.54) is 0 Å². The summed E-state index contributed by atoms with van der Waals surface area (Å²) in [7, 11) is 0. The fourth-order valence-corrected chi connectivity index (χ4v) is 1.55. The van der Waals surface area contributed by atoms with Crippen molar-refractivity contribution in [3.63, 3.8) is 0 Å². The molecule has 0 saturated carbocycles. The average Bonchev–Trinajstić information content (AvgIpc) is 1.92. The second-order valence-electron chi connectivity index (χ2n) is 1.96. The Kier molecular flexibility index (Phi) is 2.97. The van der Waals surface area contributed by atoms with Gasteiger partial charge in [-0.15, -0.1) is 0 Å². The third kappa shape index (κ3) is 2.09. The van der Waals surface area contributed by atoms with Gasteiger partial charge < -0.3 is 0 Å². The number of hydrogen-bond donors (Lipinski definition) is 0. The van der Waals surface area contributed by atoms with E-state index in [1.807, 2.05) is 0 Å². The largest absolute Gasteiger partial charge is 0.417 e. The molecule has 0 radical (unpaired) electrons. The van der Waals surface area contributed by atoms with E-state index in [1.54, 1.807) is 22.6 Å². The van der Waals surface area contributed by atoms with E-state index in [4.69, 9.17) is 0 Å². The number of alkyl halides is 3. The van der Waals surface area contributed by atoms with Gasteiger partial charge in [-0.25, -0.2) is 4.98 Å². The zero-order valence-corrected chi connectivity index (χ0v) is 9.24. The second kappa shape index (κ2) is 3.49. The Labute approximate surface area is 88.6 Å². The summed E-state index contributed by atoms with van der Waals surface area (Å²) in [6.07, 6.45) is -3.18. The maximum Gasteiger partial charge on any atom is 0.417 e. The van der Waals surface area contributed by atoms with Crippen LogP contribution in [0.5, 0.6) is 0 Å². The second-order valence-corrected chi connectivity index (χ2v) is 3.78. The molecule has 0 aliphatic rings. The Hall–Kier alpha value is 0.150. The van der Waals surface area contributed by atoms with Crippen LogP contribution in [-0.4, -0.2) is 4.98 Å². The number of aromatic nitrogens is 1. The molecule has 0 amide bonds. The van der Waals surface area contributed by atoms with Gasteiger partial charge in [-0.05, 0) is 44.6 Å². The lowest BCUT2D eigenvalue weighted by atomic mass is 10.3. The maximum atomic E-state index is 12.2. The van der Waals surface area contributed by atoms with E-state index < -0.39 is 11.7 Å². The molecule has 12 heavy (non-hydrogen) atoms. The lowest BCUT2D eigenvalue weighted by molar-refractivity contribution is -0.138. The predicted octanol–water partition coefficient (Wildman–Crippen LogP) is 3.47. The van der Waals surface area contributed by atoms with Gasteiger partial charge in [0.15, 0.2) is 0 Å². The molecule has 6 heteroatoms. The van der Waals surface area contributed by atoms with Crippen LogP contribution in [-0.2, 0) is 6.18 Å². The first-order valence-electron chi connectivity index (χ1n) is 2.80. The lowest BCUT2D eigenvalue weighted by Gasteiger charge is -2.08. The third-order valence-corrected chi connectivity index (χ3v) is 3.51. The first kappa shape index (κ1) is 10.2. The predicted molar refractivity (Wildman–Crippen MR) is 49.7 cm³/mol. The van der Waals surface area contributed by atoms with Gasteiger partial charge in [0.05, 0.1) is 10.0 Å². The molecule has 0 saturated heterocycles. The SMILES string of the molecule is FC(F)(F)c1ccnc(I)c1Br. The molecule has 0 aliphatic carbocycles. The van der Waals surface area contributed by atoms with Gasteiger partial charge in [0.2, 0.25) is 0 Å². The molecule has 1 heterocycles. The van der Waals surface area contributed by atoms with Gasteiger partial charge in [-0.3, -0.25) is 0 Å². The Morgan fingerprint density at radius 3 is 2.42 bits per heavy atom. The van der Waals surface area contributed by atoms with Crippen LogP contribution in [0.1, 0.15) is 5.56 Å². The van der Waals surface area contributed by atoms with Crippen molar-refractivity contribution in [2.24, 2.45) is 0 Å². The van der Waals surface area contributed by atoms with Gasteiger partial charge in [0.25, 0.3) is 0 Å². The molecule has 0 unspecified atom stereocenters. The highest BCUT2D eigenvalue weighted by molar-refractivity contribution is 14.1. The van der Waals surface area contributed by atoms with E-state index in [0.717, 1.165) is 12.3 Å². The quantitative estimate of drug-likeness (QED) is 0.515. The molecule has 1 aromatic rings. The number of rotatable bonds is 0. The molecule has 0 fully saturated rings. The average molecular weight is 352 g/mol. The summed E-state index contributed by atoms with van der Waals surface area (Å²) in [5, 5.41) is 0. The Balaban J connectivity index is 3.26. The summed E-state index contributed by atoms with van der Waals surface area (Å²) in [6, 6.07) is 0.937. The van der Waals surface area contributed by atoms with Gasteiger partial charge >= 0.3 is 6.18 Å². The molecule has 0 spiro atoms. The minimum absolute atomic E-state index is 0.00176. The van der Waals surface area contributed by atoms with Gasteiger partial charge in [0, 0.05) is 6.20 Å². The number of hydrogen-bond acceptors (Lipinski definition) is 1. The molecule has 0 bridgehead atoms. The summed E-state index contributed by atoms with van der Waals surface area (Å²) in [6.45, 7) is 0.